The maximum Gasteiger partial charge on any atom is 0.319 e. The maximum absolute atomic E-state index is 15.1. The van der Waals surface area contributed by atoms with Gasteiger partial charge >= 0.3 is 6.03 Å². The lowest BCUT2D eigenvalue weighted by Crippen LogP contribution is -2.33. The van der Waals surface area contributed by atoms with Crippen molar-refractivity contribution in [3.05, 3.63) is 76.7 Å². The minimum Gasteiger partial charge on any atom is -0.377 e. The molecule has 2 aliphatic rings. The van der Waals surface area contributed by atoms with Gasteiger partial charge in [0.05, 0.1) is 59.9 Å². The first-order valence-corrected chi connectivity index (χ1v) is 12.1. The van der Waals surface area contributed by atoms with Crippen molar-refractivity contribution < 1.29 is 13.9 Å². The van der Waals surface area contributed by atoms with Crippen molar-refractivity contribution in [1.29, 1.82) is 0 Å². The highest BCUT2D eigenvalue weighted by atomic mass is 35.5. The number of imidazole rings is 1. The molecule has 1 atom stereocenters. The molecule has 2 aromatic carbocycles. The van der Waals surface area contributed by atoms with Crippen molar-refractivity contribution in [3.8, 4) is 22.4 Å². The SMILES string of the molecule is Cc1nn(C2COC2)c(C)c1-c1cc(F)c(NC(=O)NCC2c3ccccc3-c3cncn32)cc1Cl. The average molecular weight is 507 g/mol. The van der Waals surface area contributed by atoms with Gasteiger partial charge in [0, 0.05) is 28.9 Å². The van der Waals surface area contributed by atoms with Crippen molar-refractivity contribution in [2.75, 3.05) is 25.1 Å². The molecule has 8 nitrogen and oxygen atoms in total. The number of carbonyl (C=O) groups is 1. The molecule has 4 aromatic rings. The van der Waals surface area contributed by atoms with E-state index in [-0.39, 0.29) is 17.8 Å². The Morgan fingerprint density at radius 3 is 2.81 bits per heavy atom. The molecule has 184 valence electrons. The minimum absolute atomic E-state index is 0.00600. The fraction of sp³-hybridized carbons (Fsp3) is 0.269. The zero-order valence-electron chi connectivity index (χ0n) is 19.8. The number of nitrogens with zero attached hydrogens (tertiary/aromatic N) is 4. The summed E-state index contributed by atoms with van der Waals surface area (Å²) in [4.78, 5) is 16.9. The molecule has 1 unspecified atom stereocenters. The average Bonchev–Trinajstić information content (AvgIpc) is 3.48. The molecular weight excluding hydrogens is 483 g/mol. The van der Waals surface area contributed by atoms with Crippen LogP contribution in [0.5, 0.6) is 0 Å². The molecule has 1 saturated heterocycles. The molecule has 2 aromatic heterocycles. The number of fused-ring (bicyclic) bond motifs is 3. The van der Waals surface area contributed by atoms with E-state index in [0.717, 1.165) is 33.8 Å². The van der Waals surface area contributed by atoms with Gasteiger partial charge in [-0.3, -0.25) is 4.68 Å². The van der Waals surface area contributed by atoms with E-state index in [2.05, 4.69) is 20.7 Å². The van der Waals surface area contributed by atoms with Gasteiger partial charge in [0.2, 0.25) is 0 Å². The second-order valence-electron chi connectivity index (χ2n) is 9.12. The van der Waals surface area contributed by atoms with Crippen molar-refractivity contribution in [2.45, 2.75) is 25.9 Å². The number of amides is 2. The van der Waals surface area contributed by atoms with Gasteiger partial charge < -0.3 is 19.9 Å². The Hall–Kier alpha value is -3.69. The van der Waals surface area contributed by atoms with Crippen LogP contribution in [0, 0.1) is 19.7 Å². The lowest BCUT2D eigenvalue weighted by molar-refractivity contribution is -0.0295. The van der Waals surface area contributed by atoms with Crippen molar-refractivity contribution in [3.63, 3.8) is 0 Å². The zero-order valence-corrected chi connectivity index (χ0v) is 20.5. The van der Waals surface area contributed by atoms with Gasteiger partial charge in [0.25, 0.3) is 0 Å². The summed E-state index contributed by atoms with van der Waals surface area (Å²) in [6, 6.07) is 10.4. The third-order valence-corrected chi connectivity index (χ3v) is 7.23. The van der Waals surface area contributed by atoms with E-state index in [1.807, 2.05) is 53.6 Å². The molecule has 2 amide bonds. The van der Waals surface area contributed by atoms with Crippen LogP contribution in [0.15, 0.2) is 48.9 Å². The van der Waals surface area contributed by atoms with Crippen molar-refractivity contribution in [1.82, 2.24) is 24.6 Å². The summed E-state index contributed by atoms with van der Waals surface area (Å²) in [5.74, 6) is -0.578. The smallest absolute Gasteiger partial charge is 0.319 e. The Morgan fingerprint density at radius 1 is 1.22 bits per heavy atom. The van der Waals surface area contributed by atoms with Crippen molar-refractivity contribution in [2.24, 2.45) is 0 Å². The van der Waals surface area contributed by atoms with Crippen LogP contribution in [-0.4, -0.2) is 45.1 Å². The van der Waals surface area contributed by atoms with E-state index in [9.17, 15) is 4.79 Å². The summed E-state index contributed by atoms with van der Waals surface area (Å²) >= 11 is 6.57. The normalized spacial score (nSPS) is 16.4. The Kier molecular flexibility index (Phi) is 5.54. The monoisotopic (exact) mass is 506 g/mol. The molecule has 2 N–H and O–H groups in total. The quantitative estimate of drug-likeness (QED) is 0.393. The highest BCUT2D eigenvalue weighted by Gasteiger charge is 2.29. The molecular formula is C26H24ClFN6O2. The number of rotatable bonds is 5. The van der Waals surface area contributed by atoms with Crippen LogP contribution in [-0.2, 0) is 4.74 Å². The lowest BCUT2D eigenvalue weighted by atomic mass is 10.0. The summed E-state index contributed by atoms with van der Waals surface area (Å²) in [5, 5.41) is 10.4. The van der Waals surface area contributed by atoms with Gasteiger partial charge in [-0.25, -0.2) is 14.2 Å². The highest BCUT2D eigenvalue weighted by molar-refractivity contribution is 6.33. The van der Waals surface area contributed by atoms with Crippen LogP contribution in [0.3, 0.4) is 0 Å². The number of hydrogen-bond acceptors (Lipinski definition) is 4. The predicted octanol–water partition coefficient (Wildman–Crippen LogP) is 5.12. The van der Waals surface area contributed by atoms with E-state index in [1.165, 1.54) is 12.1 Å². The van der Waals surface area contributed by atoms with Gasteiger partial charge in [0.1, 0.15) is 5.82 Å². The summed E-state index contributed by atoms with van der Waals surface area (Å²) < 4.78 is 24.3. The van der Waals surface area contributed by atoms with Gasteiger partial charge in [0.15, 0.2) is 0 Å². The van der Waals surface area contributed by atoms with Gasteiger partial charge in [-0.2, -0.15) is 5.10 Å². The third kappa shape index (κ3) is 3.66. The molecule has 4 heterocycles. The number of ether oxygens (including phenoxy) is 1. The zero-order chi connectivity index (χ0) is 25.0. The molecule has 0 aliphatic carbocycles. The number of urea groups is 1. The fourth-order valence-corrected chi connectivity index (χ4v) is 5.36. The van der Waals surface area contributed by atoms with Crippen LogP contribution in [0.2, 0.25) is 5.02 Å². The summed E-state index contributed by atoms with van der Waals surface area (Å²) in [6.07, 6.45) is 3.56. The largest absolute Gasteiger partial charge is 0.377 e. The Balaban J connectivity index is 1.19. The number of halogens is 2. The van der Waals surface area contributed by atoms with Crippen LogP contribution in [0.4, 0.5) is 14.9 Å². The minimum atomic E-state index is -0.578. The number of anilines is 1. The second-order valence-corrected chi connectivity index (χ2v) is 9.52. The molecule has 10 heteroatoms. The molecule has 2 aliphatic heterocycles. The molecule has 1 fully saturated rings. The molecule has 6 rings (SSSR count). The number of benzene rings is 2. The van der Waals surface area contributed by atoms with E-state index in [1.54, 1.807) is 6.33 Å². The lowest BCUT2D eigenvalue weighted by Gasteiger charge is -2.27. The number of aromatic nitrogens is 4. The first-order valence-electron chi connectivity index (χ1n) is 11.7. The Morgan fingerprint density at radius 2 is 2.03 bits per heavy atom. The van der Waals surface area contributed by atoms with Crippen LogP contribution in [0.25, 0.3) is 22.4 Å². The molecule has 0 radical (unpaired) electrons. The van der Waals surface area contributed by atoms with E-state index in [0.29, 0.717) is 30.3 Å². The molecule has 36 heavy (non-hydrogen) atoms. The topological polar surface area (TPSA) is 86.0 Å². The molecule has 0 saturated carbocycles. The standard InChI is InChI=1S/C26H24ClFN6O2/c1-14-25(15(2)34(32-14)16-11-36-12-16)19-7-21(28)22(8-20(19)27)31-26(35)30-10-24-18-6-4-3-5-17(18)23-9-29-13-33(23)24/h3-9,13,16,24H,10-12H2,1-2H3,(H2,30,31,35). The number of carbonyl (C=O) groups excluding carboxylic acids is 1. The first kappa shape index (κ1) is 22.8. The first-order chi connectivity index (χ1) is 17.4. The Labute approximate surface area is 212 Å². The van der Waals surface area contributed by atoms with E-state index < -0.39 is 11.8 Å². The number of hydrogen-bond donors (Lipinski definition) is 2. The number of aryl methyl sites for hydroxylation is 1. The number of nitrogens with one attached hydrogen (secondary N) is 2. The maximum atomic E-state index is 15.1. The summed E-state index contributed by atoms with van der Waals surface area (Å²) in [6.45, 7) is 5.35. The van der Waals surface area contributed by atoms with Gasteiger partial charge in [-0.15, -0.1) is 0 Å². The van der Waals surface area contributed by atoms with Crippen molar-refractivity contribution >= 4 is 23.3 Å². The van der Waals surface area contributed by atoms with Crippen LogP contribution in [0.1, 0.15) is 29.0 Å². The summed E-state index contributed by atoms with van der Waals surface area (Å²) in [7, 11) is 0. The van der Waals surface area contributed by atoms with Gasteiger partial charge in [-0.05, 0) is 31.5 Å². The summed E-state index contributed by atoms with van der Waals surface area (Å²) in [5.41, 5.74) is 6.19. The predicted molar refractivity (Wildman–Crippen MR) is 135 cm³/mol. The Bertz CT molecular complexity index is 1490. The second kappa shape index (κ2) is 8.76. The third-order valence-electron chi connectivity index (χ3n) is 6.92. The van der Waals surface area contributed by atoms with E-state index in [4.69, 9.17) is 16.3 Å². The molecule has 0 bridgehead atoms. The van der Waals surface area contributed by atoms with Crippen LogP contribution >= 0.6 is 11.6 Å². The van der Waals surface area contributed by atoms with E-state index >= 15 is 4.39 Å². The van der Waals surface area contributed by atoms with Gasteiger partial charge in [-0.1, -0.05) is 35.9 Å². The van der Waals surface area contributed by atoms with Crippen LogP contribution < -0.4 is 10.6 Å². The fourth-order valence-electron chi connectivity index (χ4n) is 5.10. The molecule has 0 spiro atoms. The highest BCUT2D eigenvalue weighted by Crippen LogP contribution is 2.39.